The molecule has 7 heteroatoms. The Morgan fingerprint density at radius 3 is 2.83 bits per heavy atom. The molecule has 0 unspecified atom stereocenters. The number of amides is 1. The zero-order valence-corrected chi connectivity index (χ0v) is 14.6. The number of aromatic amines is 1. The van der Waals surface area contributed by atoms with E-state index in [0.29, 0.717) is 26.1 Å². The smallest absolute Gasteiger partial charge is 0.326 e. The van der Waals surface area contributed by atoms with Crippen LogP contribution in [0.3, 0.4) is 0 Å². The molecule has 0 radical (unpaired) electrons. The molecule has 0 spiro atoms. The van der Waals surface area contributed by atoms with Crippen molar-refractivity contribution in [3.63, 3.8) is 0 Å². The highest BCUT2D eigenvalue weighted by Gasteiger charge is 2.27. The van der Waals surface area contributed by atoms with Gasteiger partial charge in [0.15, 0.2) is 0 Å². The van der Waals surface area contributed by atoms with E-state index in [1.165, 1.54) is 0 Å². The van der Waals surface area contributed by atoms with Crippen molar-refractivity contribution in [3.05, 3.63) is 34.4 Å². The van der Waals surface area contributed by atoms with E-state index in [1.807, 2.05) is 18.2 Å². The second-order valence-electron chi connectivity index (χ2n) is 5.99. The van der Waals surface area contributed by atoms with Crippen molar-refractivity contribution in [2.45, 2.75) is 25.3 Å². The maximum atomic E-state index is 12.3. The number of rotatable bonds is 5. The van der Waals surface area contributed by atoms with E-state index in [2.05, 4.69) is 26.2 Å². The third-order valence-electron chi connectivity index (χ3n) is 4.36. The molecule has 1 saturated heterocycles. The molecule has 6 nitrogen and oxygen atoms in total. The third kappa shape index (κ3) is 3.79. The van der Waals surface area contributed by atoms with Crippen LogP contribution < -0.4 is 5.32 Å². The van der Waals surface area contributed by atoms with E-state index < -0.39 is 12.0 Å². The van der Waals surface area contributed by atoms with Crippen LogP contribution in [0.25, 0.3) is 10.9 Å². The predicted octanol–water partition coefficient (Wildman–Crippen LogP) is 2.47. The Morgan fingerprint density at radius 2 is 2.12 bits per heavy atom. The number of ether oxygens (including phenoxy) is 1. The van der Waals surface area contributed by atoms with E-state index in [1.54, 1.807) is 6.20 Å². The first-order valence-corrected chi connectivity index (χ1v) is 8.70. The van der Waals surface area contributed by atoms with Crippen LogP contribution in [0, 0.1) is 5.92 Å². The van der Waals surface area contributed by atoms with Gasteiger partial charge in [0.05, 0.1) is 0 Å². The lowest BCUT2D eigenvalue weighted by Crippen LogP contribution is -2.45. The van der Waals surface area contributed by atoms with Crippen LogP contribution in [0.15, 0.2) is 28.9 Å². The Balaban J connectivity index is 1.74. The number of carbonyl (C=O) groups excluding carboxylic acids is 1. The van der Waals surface area contributed by atoms with Gasteiger partial charge >= 0.3 is 5.97 Å². The van der Waals surface area contributed by atoms with Crippen molar-refractivity contribution < 1.29 is 19.4 Å². The highest BCUT2D eigenvalue weighted by Crippen LogP contribution is 2.24. The summed E-state index contributed by atoms with van der Waals surface area (Å²) in [7, 11) is 0. The lowest BCUT2D eigenvalue weighted by atomic mass is 9.98. The van der Waals surface area contributed by atoms with Crippen molar-refractivity contribution >= 4 is 38.7 Å². The van der Waals surface area contributed by atoms with Gasteiger partial charge in [-0.1, -0.05) is 15.9 Å². The summed E-state index contributed by atoms with van der Waals surface area (Å²) in [5.41, 5.74) is 1.80. The molecular weight excluding hydrogens is 376 g/mol. The summed E-state index contributed by atoms with van der Waals surface area (Å²) in [6.45, 7) is 1.10. The maximum absolute atomic E-state index is 12.3. The van der Waals surface area contributed by atoms with Crippen LogP contribution in [0.1, 0.15) is 18.4 Å². The summed E-state index contributed by atoms with van der Waals surface area (Å²) in [4.78, 5) is 27.0. The summed E-state index contributed by atoms with van der Waals surface area (Å²) in [5.74, 6) is -1.40. The number of fused-ring (bicyclic) bond motifs is 1. The van der Waals surface area contributed by atoms with E-state index in [0.717, 1.165) is 20.9 Å². The number of aromatic nitrogens is 1. The minimum atomic E-state index is -1.03. The van der Waals surface area contributed by atoms with Gasteiger partial charge in [-0.15, -0.1) is 0 Å². The number of hydrogen-bond acceptors (Lipinski definition) is 3. The first-order valence-electron chi connectivity index (χ1n) is 7.91. The van der Waals surface area contributed by atoms with Crippen LogP contribution in [-0.4, -0.2) is 41.2 Å². The summed E-state index contributed by atoms with van der Waals surface area (Å²) < 4.78 is 6.17. The zero-order valence-electron chi connectivity index (χ0n) is 13.0. The number of H-pyrrole nitrogens is 1. The van der Waals surface area contributed by atoms with Gasteiger partial charge in [0.25, 0.3) is 0 Å². The van der Waals surface area contributed by atoms with Crippen molar-refractivity contribution in [1.82, 2.24) is 10.3 Å². The number of carbonyl (C=O) groups is 2. The van der Waals surface area contributed by atoms with E-state index >= 15 is 0 Å². The van der Waals surface area contributed by atoms with E-state index in [9.17, 15) is 14.7 Å². The number of benzene rings is 1. The van der Waals surface area contributed by atoms with Crippen LogP contribution >= 0.6 is 15.9 Å². The van der Waals surface area contributed by atoms with Crippen LogP contribution in [0.4, 0.5) is 0 Å². The zero-order chi connectivity index (χ0) is 17.1. The van der Waals surface area contributed by atoms with E-state index in [4.69, 9.17) is 4.74 Å². The van der Waals surface area contributed by atoms with Gasteiger partial charge in [0.1, 0.15) is 6.04 Å². The largest absolute Gasteiger partial charge is 0.480 e. The molecule has 3 rings (SSSR count). The van der Waals surface area contributed by atoms with Gasteiger partial charge in [0, 0.05) is 47.1 Å². The second-order valence-corrected chi connectivity index (χ2v) is 6.91. The molecule has 1 aliphatic rings. The number of halogens is 1. The van der Waals surface area contributed by atoms with Crippen molar-refractivity contribution in [1.29, 1.82) is 0 Å². The molecule has 1 aromatic carbocycles. The molecular formula is C17H19BrN2O4. The van der Waals surface area contributed by atoms with Gasteiger partial charge in [-0.05, 0) is 36.6 Å². The molecule has 1 aromatic heterocycles. The molecule has 128 valence electrons. The van der Waals surface area contributed by atoms with Gasteiger partial charge in [0.2, 0.25) is 5.91 Å². The number of carboxylic acid groups (broad SMARTS) is 1. The Hall–Kier alpha value is -1.86. The fourth-order valence-electron chi connectivity index (χ4n) is 2.99. The number of carboxylic acids is 1. The molecule has 1 amide bonds. The molecule has 0 aliphatic carbocycles. The quantitative estimate of drug-likeness (QED) is 0.726. The van der Waals surface area contributed by atoms with Gasteiger partial charge in [-0.25, -0.2) is 4.79 Å². The van der Waals surface area contributed by atoms with Gasteiger partial charge in [-0.3, -0.25) is 4.79 Å². The number of nitrogens with one attached hydrogen (secondary N) is 2. The molecule has 3 N–H and O–H groups in total. The molecule has 1 atom stereocenters. The topological polar surface area (TPSA) is 91.4 Å². The Kier molecular flexibility index (Phi) is 5.20. The molecule has 0 saturated carbocycles. The normalized spacial score (nSPS) is 16.9. The SMILES string of the molecule is O=C(N[C@H](Cc1c[nH]c2ccc(Br)cc12)C(=O)O)C1CCOCC1. The van der Waals surface area contributed by atoms with Gasteiger partial charge in [-0.2, -0.15) is 0 Å². The third-order valence-corrected chi connectivity index (χ3v) is 4.85. The summed E-state index contributed by atoms with van der Waals surface area (Å²) in [6, 6.07) is 4.85. The summed E-state index contributed by atoms with van der Waals surface area (Å²) >= 11 is 3.43. The average Bonchev–Trinajstić information content (AvgIpc) is 2.97. The lowest BCUT2D eigenvalue weighted by molar-refractivity contribution is -0.143. The molecule has 1 aliphatic heterocycles. The minimum absolute atomic E-state index is 0.169. The monoisotopic (exact) mass is 394 g/mol. The van der Waals surface area contributed by atoms with Crippen molar-refractivity contribution in [2.75, 3.05) is 13.2 Å². The molecule has 24 heavy (non-hydrogen) atoms. The Labute approximate surface area is 147 Å². The molecule has 1 fully saturated rings. The number of aliphatic carboxylic acids is 1. The first kappa shape index (κ1) is 17.0. The standard InChI is InChI=1S/C17H19BrN2O4/c18-12-1-2-14-13(8-12)11(9-19-14)7-15(17(22)23)20-16(21)10-3-5-24-6-4-10/h1-2,8-10,15,19H,3-7H2,(H,20,21)(H,22,23)/t15-/m1/s1. The second kappa shape index (κ2) is 7.36. The highest BCUT2D eigenvalue weighted by atomic mass is 79.9. The Morgan fingerprint density at radius 1 is 1.38 bits per heavy atom. The molecule has 2 heterocycles. The average molecular weight is 395 g/mol. The first-order chi connectivity index (χ1) is 11.5. The molecule has 0 bridgehead atoms. The number of hydrogen-bond donors (Lipinski definition) is 3. The lowest BCUT2D eigenvalue weighted by Gasteiger charge is -2.23. The summed E-state index contributed by atoms with van der Waals surface area (Å²) in [6.07, 6.45) is 3.31. The van der Waals surface area contributed by atoms with Gasteiger partial charge < -0.3 is 20.1 Å². The summed E-state index contributed by atoms with van der Waals surface area (Å²) in [5, 5.41) is 13.1. The predicted molar refractivity (Wildman–Crippen MR) is 92.8 cm³/mol. The fraction of sp³-hybridized carbons (Fsp3) is 0.412. The van der Waals surface area contributed by atoms with Crippen LogP contribution in [-0.2, 0) is 20.7 Å². The van der Waals surface area contributed by atoms with Crippen molar-refractivity contribution in [3.8, 4) is 0 Å². The van der Waals surface area contributed by atoms with Crippen molar-refractivity contribution in [2.24, 2.45) is 5.92 Å². The maximum Gasteiger partial charge on any atom is 0.326 e. The molecule has 2 aromatic rings. The Bertz CT molecular complexity index is 752. The fourth-order valence-corrected chi connectivity index (χ4v) is 3.35. The van der Waals surface area contributed by atoms with Crippen LogP contribution in [0.2, 0.25) is 0 Å². The van der Waals surface area contributed by atoms with Crippen LogP contribution in [0.5, 0.6) is 0 Å². The minimum Gasteiger partial charge on any atom is -0.480 e. The highest BCUT2D eigenvalue weighted by molar-refractivity contribution is 9.10. The van der Waals surface area contributed by atoms with E-state index in [-0.39, 0.29) is 18.2 Å².